The van der Waals surface area contributed by atoms with Crippen molar-refractivity contribution in [1.29, 1.82) is 0 Å². The first-order valence-electron chi connectivity index (χ1n) is 10.4. The number of carboxylic acids is 1. The Bertz CT molecular complexity index is 1320. The summed E-state index contributed by atoms with van der Waals surface area (Å²) < 4.78 is 11.7. The summed E-state index contributed by atoms with van der Waals surface area (Å²) in [6.07, 6.45) is 1.48. The Morgan fingerprint density at radius 3 is 2.59 bits per heavy atom. The van der Waals surface area contributed by atoms with Crippen molar-refractivity contribution in [3.8, 4) is 11.5 Å². The van der Waals surface area contributed by atoms with Crippen LogP contribution in [0.25, 0.3) is 16.8 Å². The largest absolute Gasteiger partial charge is 0.490 e. The highest BCUT2D eigenvalue weighted by molar-refractivity contribution is 8.18. The van der Waals surface area contributed by atoms with Crippen LogP contribution in [-0.2, 0) is 16.2 Å². The third-order valence-corrected chi connectivity index (χ3v) is 6.18. The second kappa shape index (κ2) is 10.2. The van der Waals surface area contributed by atoms with Gasteiger partial charge >= 0.3 is 5.97 Å². The zero-order valence-corrected chi connectivity index (χ0v) is 19.7. The molecule has 34 heavy (non-hydrogen) atoms. The van der Waals surface area contributed by atoms with Crippen LogP contribution in [0, 0.1) is 0 Å². The number of rotatable bonds is 8. The molecule has 7 nitrogen and oxygen atoms in total. The molecule has 0 spiro atoms. The molecule has 0 unspecified atom stereocenters. The molecule has 1 N–H and O–H groups in total. The highest BCUT2D eigenvalue weighted by Crippen LogP contribution is 2.39. The van der Waals surface area contributed by atoms with Gasteiger partial charge in [-0.25, -0.2) is 0 Å². The second-order valence-corrected chi connectivity index (χ2v) is 8.80. The van der Waals surface area contributed by atoms with Gasteiger partial charge in [-0.1, -0.05) is 48.0 Å². The summed E-state index contributed by atoms with van der Waals surface area (Å²) in [5.74, 6) is -1.17. The van der Waals surface area contributed by atoms with Crippen LogP contribution in [0.2, 0.25) is 5.02 Å². The standard InChI is InChI=1S/C25H20ClNO6S/c1-2-32-20-11-16(12-21-24(30)27(13-22(28)29)25(31)34-21)10-19(26)23(20)33-14-15-7-8-17-5-3-4-6-18(17)9-15/h3-12H,2,13-14H2,1H3,(H,28,29)/b21-12+. The van der Waals surface area contributed by atoms with Gasteiger partial charge < -0.3 is 14.6 Å². The van der Waals surface area contributed by atoms with E-state index in [4.69, 9.17) is 26.2 Å². The highest BCUT2D eigenvalue weighted by atomic mass is 35.5. The summed E-state index contributed by atoms with van der Waals surface area (Å²) in [7, 11) is 0. The third kappa shape index (κ3) is 5.18. The normalized spacial score (nSPS) is 14.8. The molecule has 4 rings (SSSR count). The van der Waals surface area contributed by atoms with Gasteiger partial charge in [-0.05, 0) is 64.9 Å². The van der Waals surface area contributed by atoms with E-state index in [1.165, 1.54) is 6.08 Å². The fourth-order valence-corrected chi connectivity index (χ4v) is 4.59. The Labute approximate surface area is 204 Å². The Morgan fingerprint density at radius 1 is 1.09 bits per heavy atom. The van der Waals surface area contributed by atoms with Gasteiger partial charge in [0.15, 0.2) is 11.5 Å². The van der Waals surface area contributed by atoms with Gasteiger partial charge in [0.05, 0.1) is 16.5 Å². The maximum absolute atomic E-state index is 12.4. The number of benzene rings is 3. The van der Waals surface area contributed by atoms with Crippen molar-refractivity contribution in [3.63, 3.8) is 0 Å². The summed E-state index contributed by atoms with van der Waals surface area (Å²) >= 11 is 7.17. The van der Waals surface area contributed by atoms with E-state index in [-0.39, 0.29) is 16.5 Å². The zero-order valence-electron chi connectivity index (χ0n) is 18.1. The van der Waals surface area contributed by atoms with Crippen LogP contribution in [-0.4, -0.2) is 40.3 Å². The number of aliphatic carboxylic acids is 1. The first-order chi connectivity index (χ1) is 16.4. The lowest BCUT2D eigenvalue weighted by atomic mass is 10.1. The smallest absolute Gasteiger partial charge is 0.323 e. The van der Waals surface area contributed by atoms with E-state index in [9.17, 15) is 14.4 Å². The zero-order chi connectivity index (χ0) is 24.2. The van der Waals surface area contributed by atoms with Gasteiger partial charge in [-0.3, -0.25) is 19.3 Å². The number of carbonyl (C=O) groups is 3. The van der Waals surface area contributed by atoms with Crippen LogP contribution in [0.15, 0.2) is 59.5 Å². The average Bonchev–Trinajstić information content (AvgIpc) is 3.05. The molecule has 3 aromatic carbocycles. The number of nitrogens with zero attached hydrogens (tertiary/aromatic N) is 1. The minimum absolute atomic E-state index is 0.106. The van der Waals surface area contributed by atoms with Gasteiger partial charge in [0.25, 0.3) is 11.1 Å². The van der Waals surface area contributed by atoms with Gasteiger partial charge in [0, 0.05) is 0 Å². The van der Waals surface area contributed by atoms with Gasteiger partial charge in [0.2, 0.25) is 0 Å². The Kier molecular flexibility index (Phi) is 7.09. The van der Waals surface area contributed by atoms with E-state index in [2.05, 4.69) is 0 Å². The predicted molar refractivity (Wildman–Crippen MR) is 131 cm³/mol. The number of ether oxygens (including phenoxy) is 2. The van der Waals surface area contributed by atoms with Crippen LogP contribution < -0.4 is 9.47 Å². The lowest BCUT2D eigenvalue weighted by molar-refractivity contribution is -0.140. The van der Waals surface area contributed by atoms with Crippen molar-refractivity contribution < 1.29 is 29.0 Å². The molecule has 0 bridgehead atoms. The van der Waals surface area contributed by atoms with E-state index in [0.717, 1.165) is 16.3 Å². The molecule has 1 heterocycles. The predicted octanol–water partition coefficient (Wildman–Crippen LogP) is 5.59. The van der Waals surface area contributed by atoms with Crippen molar-refractivity contribution in [2.75, 3.05) is 13.2 Å². The number of carboxylic acid groups (broad SMARTS) is 1. The van der Waals surface area contributed by atoms with E-state index in [1.807, 2.05) is 49.4 Å². The van der Waals surface area contributed by atoms with Crippen LogP contribution >= 0.6 is 23.4 Å². The monoisotopic (exact) mass is 497 g/mol. The summed E-state index contributed by atoms with van der Waals surface area (Å²) in [4.78, 5) is 36.1. The van der Waals surface area contributed by atoms with Crippen LogP contribution in [0.4, 0.5) is 4.79 Å². The van der Waals surface area contributed by atoms with E-state index in [0.29, 0.717) is 40.3 Å². The highest BCUT2D eigenvalue weighted by Gasteiger charge is 2.36. The fourth-order valence-electron chi connectivity index (χ4n) is 3.48. The van der Waals surface area contributed by atoms with Crippen LogP contribution in [0.1, 0.15) is 18.1 Å². The molecule has 1 fully saturated rings. The fraction of sp³-hybridized carbons (Fsp3) is 0.160. The number of amides is 2. The third-order valence-electron chi connectivity index (χ3n) is 4.99. The minimum atomic E-state index is -1.27. The Morgan fingerprint density at radius 2 is 1.85 bits per heavy atom. The Balaban J connectivity index is 1.57. The van der Waals surface area contributed by atoms with Gasteiger partial charge in [-0.2, -0.15) is 0 Å². The van der Waals surface area contributed by atoms with Crippen LogP contribution in [0.5, 0.6) is 11.5 Å². The van der Waals surface area contributed by atoms with Gasteiger partial charge in [0.1, 0.15) is 13.2 Å². The number of fused-ring (bicyclic) bond motifs is 1. The molecule has 0 aliphatic carbocycles. The molecule has 0 radical (unpaired) electrons. The Hall–Kier alpha value is -3.49. The molecule has 0 atom stereocenters. The molecule has 174 valence electrons. The minimum Gasteiger partial charge on any atom is -0.490 e. The number of carbonyl (C=O) groups excluding carboxylic acids is 2. The number of halogens is 1. The maximum atomic E-state index is 12.4. The lowest BCUT2D eigenvalue weighted by Gasteiger charge is -2.15. The number of hydrogen-bond acceptors (Lipinski definition) is 6. The maximum Gasteiger partial charge on any atom is 0.323 e. The molecule has 1 aliphatic heterocycles. The number of imide groups is 1. The SMILES string of the molecule is CCOc1cc(/C=C2/SC(=O)N(CC(=O)O)C2=O)cc(Cl)c1OCc1ccc2ccccc2c1. The molecule has 2 amide bonds. The van der Waals surface area contributed by atoms with Crippen molar-refractivity contribution in [3.05, 3.63) is 75.7 Å². The molecule has 1 aliphatic rings. The molecule has 0 aromatic heterocycles. The van der Waals surface area contributed by atoms with Gasteiger partial charge in [-0.15, -0.1) is 0 Å². The number of thioether (sulfide) groups is 1. The van der Waals surface area contributed by atoms with E-state index < -0.39 is 23.7 Å². The van der Waals surface area contributed by atoms with Crippen molar-refractivity contribution in [2.45, 2.75) is 13.5 Å². The van der Waals surface area contributed by atoms with Crippen molar-refractivity contribution in [2.24, 2.45) is 0 Å². The van der Waals surface area contributed by atoms with E-state index in [1.54, 1.807) is 12.1 Å². The molecule has 1 saturated heterocycles. The summed E-state index contributed by atoms with van der Waals surface area (Å²) in [6.45, 7) is 1.78. The molecule has 9 heteroatoms. The summed E-state index contributed by atoms with van der Waals surface area (Å²) in [5, 5.41) is 10.8. The van der Waals surface area contributed by atoms with Crippen molar-refractivity contribution in [1.82, 2.24) is 4.90 Å². The quantitative estimate of drug-likeness (QED) is 0.405. The molecular formula is C25H20ClNO6S. The van der Waals surface area contributed by atoms with Crippen molar-refractivity contribution >= 4 is 57.3 Å². The lowest BCUT2D eigenvalue weighted by Crippen LogP contribution is -2.33. The van der Waals surface area contributed by atoms with E-state index >= 15 is 0 Å². The average molecular weight is 498 g/mol. The topological polar surface area (TPSA) is 93.1 Å². The molecule has 0 saturated carbocycles. The summed E-state index contributed by atoms with van der Waals surface area (Å²) in [6, 6.07) is 17.4. The van der Waals surface area contributed by atoms with Crippen LogP contribution in [0.3, 0.4) is 0 Å². The molecular weight excluding hydrogens is 478 g/mol. The number of hydrogen-bond donors (Lipinski definition) is 1. The summed E-state index contributed by atoms with van der Waals surface area (Å²) in [5.41, 5.74) is 1.49. The second-order valence-electron chi connectivity index (χ2n) is 7.39. The molecule has 3 aromatic rings. The first kappa shape index (κ1) is 23.7. The first-order valence-corrected chi connectivity index (χ1v) is 11.6.